The van der Waals surface area contributed by atoms with Crippen LogP contribution in [0.1, 0.15) is 32.1 Å². The Morgan fingerprint density at radius 3 is 2.08 bits per heavy atom. The first-order valence-electron chi connectivity index (χ1n) is 4.32. The first kappa shape index (κ1) is 12.6. The van der Waals surface area contributed by atoms with Crippen molar-refractivity contribution in [2.45, 2.75) is 43.6 Å². The zero-order valence-electron chi connectivity index (χ0n) is 7.19. The third-order valence-corrected chi connectivity index (χ3v) is 2.49. The molecule has 2 nitrogen and oxygen atoms in total. The third kappa shape index (κ3) is 8.71. The number of rotatable bonds is 7. The summed E-state index contributed by atoms with van der Waals surface area (Å²) in [6.45, 7) is 0. The van der Waals surface area contributed by atoms with E-state index in [2.05, 4.69) is 25.3 Å². The summed E-state index contributed by atoms with van der Waals surface area (Å²) in [4.78, 5) is 0. The molecule has 0 aromatic rings. The molecule has 0 fully saturated rings. The molecule has 0 spiro atoms. The highest BCUT2D eigenvalue weighted by molar-refractivity contribution is 7.81. The molecular weight excluding hydrogens is 192 g/mol. The molecule has 12 heavy (non-hydrogen) atoms. The smallest absolute Gasteiger partial charge is 0.151 e. The highest BCUT2D eigenvalue weighted by atomic mass is 32.1. The van der Waals surface area contributed by atoms with Crippen LogP contribution in [-0.4, -0.2) is 27.5 Å². The van der Waals surface area contributed by atoms with Crippen molar-refractivity contribution in [3.8, 4) is 0 Å². The molecule has 1 atom stereocenters. The van der Waals surface area contributed by atoms with E-state index in [0.29, 0.717) is 11.7 Å². The Kier molecular flexibility index (Phi) is 8.65. The molecular formula is C8H18O2S2. The first-order chi connectivity index (χ1) is 5.66. The molecule has 0 aromatic heterocycles. The Hall–Kier alpha value is 0.620. The molecule has 0 aliphatic rings. The van der Waals surface area contributed by atoms with E-state index in [1.165, 1.54) is 0 Å². The second-order valence-electron chi connectivity index (χ2n) is 2.93. The van der Waals surface area contributed by atoms with Crippen molar-refractivity contribution in [1.82, 2.24) is 0 Å². The van der Waals surface area contributed by atoms with Crippen LogP contribution in [0.25, 0.3) is 0 Å². The van der Waals surface area contributed by atoms with Gasteiger partial charge in [0.15, 0.2) is 6.29 Å². The molecule has 0 heterocycles. The molecule has 0 amide bonds. The number of aliphatic hydroxyl groups is 2. The number of aliphatic hydroxyl groups excluding tert-OH is 1. The van der Waals surface area contributed by atoms with E-state index in [1.54, 1.807) is 0 Å². The lowest BCUT2D eigenvalue weighted by atomic mass is 10.1. The van der Waals surface area contributed by atoms with Crippen molar-refractivity contribution in [2.75, 3.05) is 5.75 Å². The lowest BCUT2D eigenvalue weighted by Gasteiger charge is -2.08. The predicted octanol–water partition coefficient (Wildman–Crippen LogP) is 1.48. The molecule has 0 aliphatic carbocycles. The summed E-state index contributed by atoms with van der Waals surface area (Å²) in [5.41, 5.74) is 0. The molecule has 74 valence electrons. The second kappa shape index (κ2) is 8.23. The highest BCUT2D eigenvalue weighted by Gasteiger charge is 2.02. The topological polar surface area (TPSA) is 40.5 Å². The molecule has 0 rings (SSSR count). The summed E-state index contributed by atoms with van der Waals surface area (Å²) in [6, 6.07) is 0. The van der Waals surface area contributed by atoms with Gasteiger partial charge in [0.05, 0.1) is 0 Å². The van der Waals surface area contributed by atoms with Gasteiger partial charge >= 0.3 is 0 Å². The van der Waals surface area contributed by atoms with Crippen molar-refractivity contribution in [3.63, 3.8) is 0 Å². The van der Waals surface area contributed by atoms with Crippen LogP contribution < -0.4 is 0 Å². The van der Waals surface area contributed by atoms with E-state index in [4.69, 9.17) is 10.2 Å². The Morgan fingerprint density at radius 2 is 1.58 bits per heavy atom. The Bertz CT molecular complexity index is 99.1. The summed E-state index contributed by atoms with van der Waals surface area (Å²) in [7, 11) is 0. The first-order valence-corrected chi connectivity index (χ1v) is 5.46. The SMILES string of the molecule is OC(O)CCCCC(S)CCS. The summed E-state index contributed by atoms with van der Waals surface area (Å²) in [5, 5.41) is 17.5. The maximum absolute atomic E-state index is 8.55. The van der Waals surface area contributed by atoms with Gasteiger partial charge in [-0.3, -0.25) is 0 Å². The standard InChI is InChI=1S/C8H18O2S2/c9-8(10)4-2-1-3-7(12)5-6-11/h7-12H,1-6H2. The zero-order chi connectivity index (χ0) is 9.40. The van der Waals surface area contributed by atoms with Crippen LogP contribution in [0.5, 0.6) is 0 Å². The summed E-state index contributed by atoms with van der Waals surface area (Å²) in [5.74, 6) is 0.872. The van der Waals surface area contributed by atoms with E-state index < -0.39 is 6.29 Å². The van der Waals surface area contributed by atoms with Gasteiger partial charge in [0.1, 0.15) is 0 Å². The zero-order valence-corrected chi connectivity index (χ0v) is 8.98. The van der Waals surface area contributed by atoms with Crippen molar-refractivity contribution in [3.05, 3.63) is 0 Å². The Balaban J connectivity index is 3.08. The van der Waals surface area contributed by atoms with Crippen molar-refractivity contribution in [1.29, 1.82) is 0 Å². The van der Waals surface area contributed by atoms with E-state index >= 15 is 0 Å². The maximum atomic E-state index is 8.55. The Labute approximate surface area is 85.2 Å². The fourth-order valence-electron chi connectivity index (χ4n) is 1.00. The van der Waals surface area contributed by atoms with Gasteiger partial charge < -0.3 is 10.2 Å². The van der Waals surface area contributed by atoms with E-state index in [1.807, 2.05) is 0 Å². The number of hydrogen-bond acceptors (Lipinski definition) is 4. The minimum atomic E-state index is -1.15. The maximum Gasteiger partial charge on any atom is 0.151 e. The minimum Gasteiger partial charge on any atom is -0.368 e. The van der Waals surface area contributed by atoms with Gasteiger partial charge in [0.2, 0.25) is 0 Å². The van der Waals surface area contributed by atoms with Crippen LogP contribution >= 0.6 is 25.3 Å². The summed E-state index contributed by atoms with van der Waals surface area (Å²) < 4.78 is 0. The number of unbranched alkanes of at least 4 members (excludes halogenated alkanes) is 1. The lowest BCUT2D eigenvalue weighted by Crippen LogP contribution is -2.04. The molecule has 4 heteroatoms. The molecule has 2 N–H and O–H groups in total. The fraction of sp³-hybridized carbons (Fsp3) is 1.00. The van der Waals surface area contributed by atoms with Gasteiger partial charge in [-0.15, -0.1) is 0 Å². The van der Waals surface area contributed by atoms with Crippen LogP contribution in [0, 0.1) is 0 Å². The molecule has 0 saturated carbocycles. The van der Waals surface area contributed by atoms with Gasteiger partial charge in [-0.1, -0.05) is 6.42 Å². The minimum absolute atomic E-state index is 0.415. The van der Waals surface area contributed by atoms with Gasteiger partial charge in [-0.25, -0.2) is 0 Å². The van der Waals surface area contributed by atoms with Gasteiger partial charge in [-0.2, -0.15) is 25.3 Å². The average molecular weight is 210 g/mol. The van der Waals surface area contributed by atoms with E-state index in [0.717, 1.165) is 31.4 Å². The van der Waals surface area contributed by atoms with Crippen LogP contribution in [0.15, 0.2) is 0 Å². The van der Waals surface area contributed by atoms with Gasteiger partial charge in [0.25, 0.3) is 0 Å². The number of hydrogen-bond donors (Lipinski definition) is 4. The molecule has 0 aliphatic heterocycles. The fourth-order valence-corrected chi connectivity index (χ4v) is 1.83. The van der Waals surface area contributed by atoms with E-state index in [-0.39, 0.29) is 0 Å². The number of thiol groups is 2. The molecule has 0 saturated heterocycles. The van der Waals surface area contributed by atoms with Crippen molar-refractivity contribution < 1.29 is 10.2 Å². The predicted molar refractivity (Wildman–Crippen MR) is 57.9 cm³/mol. The van der Waals surface area contributed by atoms with Crippen LogP contribution in [0.3, 0.4) is 0 Å². The lowest BCUT2D eigenvalue weighted by molar-refractivity contribution is -0.0465. The Morgan fingerprint density at radius 1 is 1.00 bits per heavy atom. The third-order valence-electron chi connectivity index (χ3n) is 1.71. The average Bonchev–Trinajstić information content (AvgIpc) is 1.98. The van der Waals surface area contributed by atoms with Crippen LogP contribution in [-0.2, 0) is 0 Å². The highest BCUT2D eigenvalue weighted by Crippen LogP contribution is 2.12. The molecule has 0 radical (unpaired) electrons. The van der Waals surface area contributed by atoms with Crippen LogP contribution in [0.4, 0.5) is 0 Å². The monoisotopic (exact) mass is 210 g/mol. The van der Waals surface area contributed by atoms with Crippen molar-refractivity contribution >= 4 is 25.3 Å². The summed E-state index contributed by atoms with van der Waals surface area (Å²) in [6.07, 6.45) is 3.26. The van der Waals surface area contributed by atoms with Crippen LogP contribution in [0.2, 0.25) is 0 Å². The molecule has 0 bridgehead atoms. The normalized spacial score (nSPS) is 13.8. The van der Waals surface area contributed by atoms with Crippen molar-refractivity contribution in [2.24, 2.45) is 0 Å². The van der Waals surface area contributed by atoms with Gasteiger partial charge in [0, 0.05) is 5.25 Å². The molecule has 0 aromatic carbocycles. The quantitative estimate of drug-likeness (QED) is 0.292. The largest absolute Gasteiger partial charge is 0.368 e. The molecule has 1 unspecified atom stereocenters. The van der Waals surface area contributed by atoms with E-state index in [9.17, 15) is 0 Å². The summed E-state index contributed by atoms with van der Waals surface area (Å²) >= 11 is 8.47. The second-order valence-corrected chi connectivity index (χ2v) is 4.11. The van der Waals surface area contributed by atoms with Gasteiger partial charge in [-0.05, 0) is 31.4 Å².